The van der Waals surface area contributed by atoms with Crippen LogP contribution in [0.15, 0.2) is 0 Å². The Kier molecular flexibility index (Phi) is 20.9. The Morgan fingerprint density at radius 3 is 2.00 bits per heavy atom. The SMILES string of the molecule is CCCCCCCCCCCC(=O)OCC(O)CN(CCCCC(N)C(=O)OC(C)(C)C)CC(O)CO. The van der Waals surface area contributed by atoms with E-state index in [0.717, 1.165) is 19.3 Å². The second-order valence-corrected chi connectivity index (χ2v) is 11.1. The van der Waals surface area contributed by atoms with E-state index in [2.05, 4.69) is 6.92 Å². The number of aliphatic hydroxyl groups excluding tert-OH is 3. The van der Waals surface area contributed by atoms with Crippen molar-refractivity contribution >= 4 is 11.9 Å². The standard InChI is InChI=1S/C28H56N2O7/c1-5-6-7-8-9-10-11-12-13-17-26(34)36-22-24(33)20-30(19-23(32)21-31)18-15-14-16-25(29)27(35)37-28(2,3)4/h23-25,31-33H,5-22,29H2,1-4H3. The van der Waals surface area contributed by atoms with Crippen molar-refractivity contribution in [1.29, 1.82) is 0 Å². The summed E-state index contributed by atoms with van der Waals surface area (Å²) in [6.45, 7) is 8.01. The van der Waals surface area contributed by atoms with E-state index in [9.17, 15) is 24.9 Å². The molecular formula is C28H56N2O7. The Labute approximate surface area is 225 Å². The van der Waals surface area contributed by atoms with E-state index in [1.807, 2.05) is 4.90 Å². The fraction of sp³-hybridized carbons (Fsp3) is 0.929. The van der Waals surface area contributed by atoms with Gasteiger partial charge in [0, 0.05) is 19.5 Å². The number of unbranched alkanes of at least 4 members (excludes halogenated alkanes) is 9. The smallest absolute Gasteiger partial charge is 0.323 e. The first-order chi connectivity index (χ1) is 17.5. The van der Waals surface area contributed by atoms with Gasteiger partial charge in [0.15, 0.2) is 0 Å². The average Bonchev–Trinajstić information content (AvgIpc) is 2.82. The van der Waals surface area contributed by atoms with Crippen LogP contribution in [0.3, 0.4) is 0 Å². The van der Waals surface area contributed by atoms with E-state index < -0.39 is 29.8 Å². The highest BCUT2D eigenvalue weighted by Crippen LogP contribution is 2.12. The maximum Gasteiger partial charge on any atom is 0.323 e. The minimum Gasteiger partial charge on any atom is -0.463 e. The van der Waals surface area contributed by atoms with Crippen molar-refractivity contribution in [3.8, 4) is 0 Å². The van der Waals surface area contributed by atoms with Gasteiger partial charge in [0.25, 0.3) is 0 Å². The maximum absolute atomic E-state index is 12.0. The van der Waals surface area contributed by atoms with Gasteiger partial charge < -0.3 is 30.5 Å². The molecule has 0 aliphatic carbocycles. The zero-order chi connectivity index (χ0) is 28.1. The molecule has 0 aliphatic rings. The number of aliphatic hydroxyl groups is 3. The zero-order valence-electron chi connectivity index (χ0n) is 24.0. The van der Waals surface area contributed by atoms with E-state index in [0.29, 0.717) is 32.2 Å². The first-order valence-electron chi connectivity index (χ1n) is 14.3. The maximum atomic E-state index is 12.0. The number of hydrogen-bond acceptors (Lipinski definition) is 9. The molecule has 0 amide bonds. The molecule has 0 fully saturated rings. The van der Waals surface area contributed by atoms with Gasteiger partial charge in [-0.25, -0.2) is 0 Å². The van der Waals surface area contributed by atoms with Crippen LogP contribution in [0.1, 0.15) is 111 Å². The molecule has 9 nitrogen and oxygen atoms in total. The second kappa shape index (κ2) is 21.6. The molecule has 0 aromatic carbocycles. The molecule has 0 aromatic rings. The van der Waals surface area contributed by atoms with E-state index in [1.54, 1.807) is 20.8 Å². The highest BCUT2D eigenvalue weighted by Gasteiger charge is 2.22. The molecule has 0 aromatic heterocycles. The third-order valence-electron chi connectivity index (χ3n) is 6.02. The van der Waals surface area contributed by atoms with Crippen molar-refractivity contribution in [2.45, 2.75) is 135 Å². The van der Waals surface area contributed by atoms with Gasteiger partial charge in [0.05, 0.1) is 12.7 Å². The van der Waals surface area contributed by atoms with Gasteiger partial charge in [-0.05, 0) is 46.6 Å². The lowest BCUT2D eigenvalue weighted by Crippen LogP contribution is -2.41. The fourth-order valence-corrected chi connectivity index (χ4v) is 4.00. The summed E-state index contributed by atoms with van der Waals surface area (Å²) in [5, 5.41) is 29.4. The average molecular weight is 533 g/mol. The molecule has 0 heterocycles. The minimum atomic E-state index is -0.939. The predicted molar refractivity (Wildman–Crippen MR) is 146 cm³/mol. The lowest BCUT2D eigenvalue weighted by molar-refractivity contribution is -0.156. The van der Waals surface area contributed by atoms with E-state index in [-0.39, 0.29) is 32.3 Å². The molecule has 0 spiro atoms. The molecular weight excluding hydrogens is 476 g/mol. The first kappa shape index (κ1) is 35.7. The number of carbonyl (C=O) groups is 2. The number of carbonyl (C=O) groups excluding carboxylic acids is 2. The molecule has 9 heteroatoms. The lowest BCUT2D eigenvalue weighted by atomic mass is 10.1. The summed E-state index contributed by atoms with van der Waals surface area (Å²) in [6.07, 6.45) is 10.9. The summed E-state index contributed by atoms with van der Waals surface area (Å²) in [4.78, 5) is 25.8. The quantitative estimate of drug-likeness (QED) is 0.115. The number of nitrogens with zero attached hydrogens (tertiary/aromatic N) is 1. The molecule has 5 N–H and O–H groups in total. The van der Waals surface area contributed by atoms with Gasteiger partial charge in [-0.2, -0.15) is 0 Å². The highest BCUT2D eigenvalue weighted by atomic mass is 16.6. The molecule has 3 unspecified atom stereocenters. The fourth-order valence-electron chi connectivity index (χ4n) is 4.00. The van der Waals surface area contributed by atoms with Crippen LogP contribution in [0.4, 0.5) is 0 Å². The lowest BCUT2D eigenvalue weighted by Gasteiger charge is -2.27. The van der Waals surface area contributed by atoms with Crippen molar-refractivity contribution in [3.05, 3.63) is 0 Å². The number of esters is 2. The number of rotatable bonds is 23. The zero-order valence-corrected chi connectivity index (χ0v) is 24.0. The molecule has 0 rings (SSSR count). The van der Waals surface area contributed by atoms with Crippen LogP contribution in [0.5, 0.6) is 0 Å². The Morgan fingerprint density at radius 1 is 0.865 bits per heavy atom. The Hall–Kier alpha value is -1.26. The van der Waals surface area contributed by atoms with Gasteiger partial charge in [0.2, 0.25) is 0 Å². The number of hydrogen-bond donors (Lipinski definition) is 4. The topological polar surface area (TPSA) is 143 Å². The molecule has 3 atom stereocenters. The van der Waals surface area contributed by atoms with Crippen molar-refractivity contribution in [3.63, 3.8) is 0 Å². The first-order valence-corrected chi connectivity index (χ1v) is 14.3. The van der Waals surface area contributed by atoms with Crippen LogP contribution in [-0.4, -0.2) is 88.9 Å². The van der Waals surface area contributed by atoms with Crippen LogP contribution in [0, 0.1) is 0 Å². The van der Waals surface area contributed by atoms with Crippen molar-refractivity contribution in [2.24, 2.45) is 5.73 Å². The summed E-state index contributed by atoms with van der Waals surface area (Å²) < 4.78 is 10.5. The summed E-state index contributed by atoms with van der Waals surface area (Å²) >= 11 is 0. The van der Waals surface area contributed by atoms with Crippen molar-refractivity contribution in [1.82, 2.24) is 4.90 Å². The predicted octanol–water partition coefficient (Wildman–Crippen LogP) is 3.31. The second-order valence-electron chi connectivity index (χ2n) is 11.1. The van der Waals surface area contributed by atoms with Gasteiger partial charge >= 0.3 is 11.9 Å². The summed E-state index contributed by atoms with van der Waals surface area (Å²) in [6, 6.07) is -0.702. The molecule has 37 heavy (non-hydrogen) atoms. The Balaban J connectivity index is 4.20. The minimum absolute atomic E-state index is 0.106. The van der Waals surface area contributed by atoms with E-state index >= 15 is 0 Å². The summed E-state index contributed by atoms with van der Waals surface area (Å²) in [5.74, 6) is -0.736. The normalized spacial score (nSPS) is 14.4. The van der Waals surface area contributed by atoms with Gasteiger partial charge in [-0.3, -0.25) is 14.5 Å². The van der Waals surface area contributed by atoms with Crippen LogP contribution < -0.4 is 5.73 Å². The monoisotopic (exact) mass is 532 g/mol. The molecule has 0 radical (unpaired) electrons. The molecule has 0 aliphatic heterocycles. The van der Waals surface area contributed by atoms with Gasteiger partial charge in [0.1, 0.15) is 24.4 Å². The van der Waals surface area contributed by atoms with E-state index in [4.69, 9.17) is 15.2 Å². The molecule has 0 saturated carbocycles. The summed E-state index contributed by atoms with van der Waals surface area (Å²) in [7, 11) is 0. The van der Waals surface area contributed by atoms with E-state index in [1.165, 1.54) is 38.5 Å². The van der Waals surface area contributed by atoms with Crippen molar-refractivity contribution < 1.29 is 34.4 Å². The highest BCUT2D eigenvalue weighted by molar-refractivity contribution is 5.75. The van der Waals surface area contributed by atoms with Crippen LogP contribution in [0.25, 0.3) is 0 Å². The van der Waals surface area contributed by atoms with Crippen LogP contribution in [-0.2, 0) is 19.1 Å². The van der Waals surface area contributed by atoms with Gasteiger partial charge in [-0.1, -0.05) is 64.7 Å². The largest absolute Gasteiger partial charge is 0.463 e. The molecule has 0 bridgehead atoms. The van der Waals surface area contributed by atoms with Crippen molar-refractivity contribution in [2.75, 3.05) is 32.8 Å². The number of ether oxygens (including phenoxy) is 2. The van der Waals surface area contributed by atoms with Crippen LogP contribution >= 0.6 is 0 Å². The van der Waals surface area contributed by atoms with Crippen LogP contribution in [0.2, 0.25) is 0 Å². The Bertz CT molecular complexity index is 583. The van der Waals surface area contributed by atoms with Gasteiger partial charge in [-0.15, -0.1) is 0 Å². The number of nitrogens with two attached hydrogens (primary N) is 1. The third-order valence-corrected chi connectivity index (χ3v) is 6.02. The third kappa shape index (κ3) is 22.4. The Morgan fingerprint density at radius 2 is 1.43 bits per heavy atom. The molecule has 0 saturated heterocycles. The summed E-state index contributed by atoms with van der Waals surface area (Å²) in [5.41, 5.74) is 5.34. The molecule has 220 valence electrons.